The smallest absolute Gasteiger partial charge is 0.337 e. The zero-order valence-corrected chi connectivity index (χ0v) is 10.7. The Morgan fingerprint density at radius 2 is 2.16 bits per heavy atom. The van der Waals surface area contributed by atoms with Gasteiger partial charge in [0.05, 0.1) is 11.3 Å². The van der Waals surface area contributed by atoms with E-state index in [9.17, 15) is 9.18 Å². The van der Waals surface area contributed by atoms with Crippen LogP contribution in [0.2, 0.25) is 0 Å². The van der Waals surface area contributed by atoms with Gasteiger partial charge in [-0.2, -0.15) is 0 Å². The number of carboxylic acid groups (broad SMARTS) is 1. The van der Waals surface area contributed by atoms with E-state index in [4.69, 9.17) is 10.8 Å². The van der Waals surface area contributed by atoms with E-state index < -0.39 is 5.97 Å². The number of rotatable bonds is 4. The molecule has 0 amide bonds. The van der Waals surface area contributed by atoms with Gasteiger partial charge in [0, 0.05) is 22.5 Å². The molecule has 0 bridgehead atoms. The third-order valence-electron chi connectivity index (χ3n) is 2.42. The van der Waals surface area contributed by atoms with Gasteiger partial charge in [-0.3, -0.25) is 4.98 Å². The van der Waals surface area contributed by atoms with E-state index in [0.717, 1.165) is 0 Å². The van der Waals surface area contributed by atoms with Crippen LogP contribution in [-0.4, -0.2) is 16.1 Å². The van der Waals surface area contributed by atoms with Gasteiger partial charge < -0.3 is 10.8 Å². The number of pyridine rings is 1. The van der Waals surface area contributed by atoms with E-state index in [1.165, 1.54) is 42.2 Å². The van der Waals surface area contributed by atoms with E-state index in [1.54, 1.807) is 6.07 Å². The summed E-state index contributed by atoms with van der Waals surface area (Å²) in [7, 11) is 0. The van der Waals surface area contributed by atoms with Crippen molar-refractivity contribution in [2.45, 2.75) is 10.6 Å². The highest BCUT2D eigenvalue weighted by Crippen LogP contribution is 2.28. The summed E-state index contributed by atoms with van der Waals surface area (Å²) >= 11 is 1.35. The predicted octanol–water partition coefficient (Wildman–Crippen LogP) is 2.79. The number of hydrogen-bond acceptors (Lipinski definition) is 4. The van der Waals surface area contributed by atoms with Crippen LogP contribution in [0.15, 0.2) is 41.4 Å². The van der Waals surface area contributed by atoms with Gasteiger partial charge >= 0.3 is 5.97 Å². The van der Waals surface area contributed by atoms with Crippen LogP contribution in [0.3, 0.4) is 0 Å². The molecule has 98 valence electrons. The Morgan fingerprint density at radius 1 is 1.37 bits per heavy atom. The lowest BCUT2D eigenvalue weighted by Gasteiger charge is -2.05. The molecule has 0 fully saturated rings. The SMILES string of the molecule is Nc1ccc(F)cc1SCc1ccc(C(=O)O)cn1. The zero-order valence-electron chi connectivity index (χ0n) is 9.84. The number of aromatic carboxylic acids is 1. The molecule has 0 aliphatic rings. The number of halogens is 1. The molecule has 0 saturated carbocycles. The van der Waals surface area contributed by atoms with E-state index in [2.05, 4.69) is 4.98 Å². The van der Waals surface area contributed by atoms with Crippen LogP contribution in [0.25, 0.3) is 0 Å². The monoisotopic (exact) mass is 278 g/mol. The molecular weight excluding hydrogens is 267 g/mol. The Kier molecular flexibility index (Phi) is 4.01. The Labute approximate surface area is 113 Å². The number of aromatic nitrogens is 1. The number of thioether (sulfide) groups is 1. The summed E-state index contributed by atoms with van der Waals surface area (Å²) in [6.07, 6.45) is 1.30. The minimum absolute atomic E-state index is 0.138. The highest BCUT2D eigenvalue weighted by molar-refractivity contribution is 7.98. The summed E-state index contributed by atoms with van der Waals surface area (Å²) in [6.45, 7) is 0. The van der Waals surface area contributed by atoms with Crippen LogP contribution in [-0.2, 0) is 5.75 Å². The first-order chi connectivity index (χ1) is 9.06. The molecule has 4 nitrogen and oxygen atoms in total. The molecule has 3 N–H and O–H groups in total. The maximum absolute atomic E-state index is 13.1. The van der Waals surface area contributed by atoms with Crippen LogP contribution >= 0.6 is 11.8 Å². The molecule has 2 rings (SSSR count). The molecule has 0 spiro atoms. The van der Waals surface area contributed by atoms with Gasteiger partial charge in [0.25, 0.3) is 0 Å². The molecule has 0 saturated heterocycles. The van der Waals surface area contributed by atoms with Crippen LogP contribution in [0.5, 0.6) is 0 Å². The molecular formula is C13H11FN2O2S. The molecule has 1 aromatic heterocycles. The zero-order chi connectivity index (χ0) is 13.8. The van der Waals surface area contributed by atoms with Gasteiger partial charge in [0.1, 0.15) is 5.82 Å². The molecule has 0 aliphatic heterocycles. The van der Waals surface area contributed by atoms with Crippen LogP contribution in [0, 0.1) is 5.82 Å². The van der Waals surface area contributed by atoms with Crippen molar-refractivity contribution < 1.29 is 14.3 Å². The lowest BCUT2D eigenvalue weighted by atomic mass is 10.2. The predicted molar refractivity (Wildman–Crippen MR) is 71.6 cm³/mol. The standard InChI is InChI=1S/C13H11FN2O2S/c14-9-2-4-11(15)12(5-9)19-7-10-3-1-8(6-16-10)13(17)18/h1-6H,7,15H2,(H,17,18). The lowest BCUT2D eigenvalue weighted by Crippen LogP contribution is -1.98. The topological polar surface area (TPSA) is 76.2 Å². The van der Waals surface area contributed by atoms with Gasteiger partial charge in [-0.1, -0.05) is 0 Å². The Bertz CT molecular complexity index is 602. The molecule has 1 heterocycles. The second-order valence-electron chi connectivity index (χ2n) is 3.81. The summed E-state index contributed by atoms with van der Waals surface area (Å²) in [5.41, 5.74) is 7.08. The summed E-state index contributed by atoms with van der Waals surface area (Å²) < 4.78 is 13.1. The van der Waals surface area contributed by atoms with E-state index >= 15 is 0 Å². The molecule has 19 heavy (non-hydrogen) atoms. The fraction of sp³-hybridized carbons (Fsp3) is 0.0769. The third kappa shape index (κ3) is 3.45. The number of carboxylic acids is 1. The first kappa shape index (κ1) is 13.4. The van der Waals surface area contributed by atoms with Crippen LogP contribution in [0.4, 0.5) is 10.1 Å². The van der Waals surface area contributed by atoms with Gasteiger partial charge in [-0.25, -0.2) is 9.18 Å². The quantitative estimate of drug-likeness (QED) is 0.664. The van der Waals surface area contributed by atoms with Crippen molar-refractivity contribution in [3.63, 3.8) is 0 Å². The molecule has 0 atom stereocenters. The van der Waals surface area contributed by atoms with Gasteiger partial charge in [-0.15, -0.1) is 11.8 Å². The Hall–Kier alpha value is -2.08. The number of carbonyl (C=O) groups is 1. The van der Waals surface area contributed by atoms with E-state index in [1.807, 2.05) is 0 Å². The molecule has 6 heteroatoms. The summed E-state index contributed by atoms with van der Waals surface area (Å²) in [4.78, 5) is 15.3. The number of nitrogen functional groups attached to an aromatic ring is 1. The second kappa shape index (κ2) is 5.71. The highest BCUT2D eigenvalue weighted by Gasteiger charge is 2.05. The third-order valence-corrected chi connectivity index (χ3v) is 3.53. The van der Waals surface area contributed by atoms with Crippen molar-refractivity contribution in [3.8, 4) is 0 Å². The normalized spacial score (nSPS) is 10.4. The number of anilines is 1. The maximum Gasteiger partial charge on any atom is 0.337 e. The van der Waals surface area contributed by atoms with Gasteiger partial charge in [0.15, 0.2) is 0 Å². The van der Waals surface area contributed by atoms with Crippen molar-refractivity contribution >= 4 is 23.4 Å². The Balaban J connectivity index is 2.06. The lowest BCUT2D eigenvalue weighted by molar-refractivity contribution is 0.0696. The van der Waals surface area contributed by atoms with E-state index in [-0.39, 0.29) is 11.4 Å². The molecule has 0 aliphatic carbocycles. The molecule has 0 radical (unpaired) electrons. The molecule has 2 aromatic rings. The Morgan fingerprint density at radius 3 is 2.79 bits per heavy atom. The van der Waals surface area contributed by atoms with E-state index in [0.29, 0.717) is 22.0 Å². The maximum atomic E-state index is 13.1. The van der Waals surface area contributed by atoms with Crippen molar-refractivity contribution in [2.75, 3.05) is 5.73 Å². The molecule has 0 unspecified atom stereocenters. The summed E-state index contributed by atoms with van der Waals surface area (Å²) in [5, 5.41) is 8.75. The highest BCUT2D eigenvalue weighted by atomic mass is 32.2. The second-order valence-corrected chi connectivity index (χ2v) is 4.83. The summed E-state index contributed by atoms with van der Waals surface area (Å²) in [6, 6.07) is 7.30. The summed E-state index contributed by atoms with van der Waals surface area (Å²) in [5.74, 6) is -0.861. The van der Waals surface area contributed by atoms with Crippen molar-refractivity contribution in [1.82, 2.24) is 4.98 Å². The van der Waals surface area contributed by atoms with Crippen LogP contribution < -0.4 is 5.73 Å². The van der Waals surface area contributed by atoms with Crippen molar-refractivity contribution in [3.05, 3.63) is 53.6 Å². The fourth-order valence-corrected chi connectivity index (χ4v) is 2.33. The van der Waals surface area contributed by atoms with Gasteiger partial charge in [0.2, 0.25) is 0 Å². The number of benzene rings is 1. The first-order valence-corrected chi connectivity index (χ1v) is 6.41. The minimum atomic E-state index is -1.01. The van der Waals surface area contributed by atoms with Crippen LogP contribution in [0.1, 0.15) is 16.1 Å². The number of nitrogens with zero attached hydrogens (tertiary/aromatic N) is 1. The van der Waals surface area contributed by atoms with Crippen molar-refractivity contribution in [2.24, 2.45) is 0 Å². The number of nitrogens with two attached hydrogens (primary N) is 1. The average Bonchev–Trinajstić information content (AvgIpc) is 2.40. The van der Waals surface area contributed by atoms with Gasteiger partial charge in [-0.05, 0) is 30.3 Å². The van der Waals surface area contributed by atoms with Crippen molar-refractivity contribution in [1.29, 1.82) is 0 Å². The average molecular weight is 278 g/mol. The first-order valence-electron chi connectivity index (χ1n) is 5.42. The fourth-order valence-electron chi connectivity index (χ4n) is 1.42. The minimum Gasteiger partial charge on any atom is -0.478 e. The largest absolute Gasteiger partial charge is 0.478 e. The molecule has 1 aromatic carbocycles. The number of hydrogen-bond donors (Lipinski definition) is 2.